The number of hydrogen-bond acceptors (Lipinski definition) is 2. The molecule has 2 aliphatic heterocycles. The number of carbonyl (C=O) groups excluding carboxylic acids is 1. The highest BCUT2D eigenvalue weighted by atomic mass is 16.2. The molecular formula is C16H22N2O. The number of amides is 1. The summed E-state index contributed by atoms with van der Waals surface area (Å²) < 4.78 is 0. The molecule has 2 aliphatic rings. The van der Waals surface area contributed by atoms with E-state index in [0.717, 1.165) is 36.2 Å². The predicted octanol–water partition coefficient (Wildman–Crippen LogP) is 2.27. The number of likely N-dealkylation sites (tertiary alicyclic amines) is 1. The van der Waals surface area contributed by atoms with E-state index in [1.54, 1.807) is 0 Å². The van der Waals surface area contributed by atoms with Crippen molar-refractivity contribution in [2.24, 2.45) is 0 Å². The molecule has 2 bridgehead atoms. The van der Waals surface area contributed by atoms with Crippen molar-refractivity contribution in [1.82, 2.24) is 10.2 Å². The zero-order valence-electron chi connectivity index (χ0n) is 11.8. The second-order valence-electron chi connectivity index (χ2n) is 6.05. The summed E-state index contributed by atoms with van der Waals surface area (Å²) in [5, 5.41) is 3.62. The summed E-state index contributed by atoms with van der Waals surface area (Å²) in [4.78, 5) is 14.7. The Hall–Kier alpha value is -1.35. The lowest BCUT2D eigenvalue weighted by atomic mass is 10.0. The molecule has 1 amide bonds. The highest BCUT2D eigenvalue weighted by Gasteiger charge is 2.31. The van der Waals surface area contributed by atoms with Crippen molar-refractivity contribution in [2.45, 2.75) is 45.2 Å². The molecule has 2 fully saturated rings. The van der Waals surface area contributed by atoms with Crippen LogP contribution in [0.25, 0.3) is 0 Å². The maximum absolute atomic E-state index is 12.6. The molecule has 3 rings (SSSR count). The van der Waals surface area contributed by atoms with Gasteiger partial charge in [-0.15, -0.1) is 0 Å². The second kappa shape index (κ2) is 4.97. The fourth-order valence-corrected chi connectivity index (χ4v) is 3.41. The zero-order valence-corrected chi connectivity index (χ0v) is 11.8. The van der Waals surface area contributed by atoms with Crippen LogP contribution in [0.15, 0.2) is 18.2 Å². The summed E-state index contributed by atoms with van der Waals surface area (Å²) >= 11 is 0. The van der Waals surface area contributed by atoms with Crippen LogP contribution < -0.4 is 5.32 Å². The maximum Gasteiger partial charge on any atom is 0.253 e. The molecule has 0 aromatic heterocycles. The Bertz CT molecular complexity index is 477. The lowest BCUT2D eigenvalue weighted by molar-refractivity contribution is 0.0748. The topological polar surface area (TPSA) is 32.3 Å². The molecule has 3 heteroatoms. The van der Waals surface area contributed by atoms with Crippen LogP contribution in [-0.4, -0.2) is 36.0 Å². The lowest BCUT2D eigenvalue weighted by Crippen LogP contribution is -2.39. The van der Waals surface area contributed by atoms with Crippen LogP contribution in [0.4, 0.5) is 0 Å². The normalized spacial score (nSPS) is 26.3. The van der Waals surface area contributed by atoms with Crippen LogP contribution in [0.1, 0.15) is 40.7 Å². The maximum atomic E-state index is 12.6. The minimum Gasteiger partial charge on any atom is -0.337 e. The summed E-state index contributed by atoms with van der Waals surface area (Å²) in [5.41, 5.74) is 3.17. The summed E-state index contributed by atoms with van der Waals surface area (Å²) in [7, 11) is 0. The fourth-order valence-electron chi connectivity index (χ4n) is 3.41. The number of aryl methyl sites for hydroxylation is 2. The van der Waals surface area contributed by atoms with Crippen molar-refractivity contribution in [3.63, 3.8) is 0 Å². The van der Waals surface area contributed by atoms with Crippen molar-refractivity contribution in [1.29, 1.82) is 0 Å². The molecular weight excluding hydrogens is 236 g/mol. The third kappa shape index (κ3) is 2.66. The number of fused-ring (bicyclic) bond motifs is 2. The van der Waals surface area contributed by atoms with Gasteiger partial charge < -0.3 is 10.2 Å². The van der Waals surface area contributed by atoms with E-state index in [1.807, 2.05) is 17.0 Å². The summed E-state index contributed by atoms with van der Waals surface area (Å²) in [6, 6.07) is 7.25. The molecule has 1 aromatic rings. The minimum atomic E-state index is 0.196. The van der Waals surface area contributed by atoms with Gasteiger partial charge in [0.1, 0.15) is 0 Å². The van der Waals surface area contributed by atoms with Gasteiger partial charge in [-0.2, -0.15) is 0 Å². The number of benzene rings is 1. The number of carbonyl (C=O) groups is 1. The lowest BCUT2D eigenvalue weighted by Gasteiger charge is -2.24. The van der Waals surface area contributed by atoms with Crippen molar-refractivity contribution in [3.8, 4) is 0 Å². The van der Waals surface area contributed by atoms with Crippen LogP contribution in [0.5, 0.6) is 0 Å². The molecule has 3 nitrogen and oxygen atoms in total. The zero-order chi connectivity index (χ0) is 13.4. The van der Waals surface area contributed by atoms with Gasteiger partial charge in [-0.05, 0) is 45.2 Å². The Labute approximate surface area is 115 Å². The highest BCUT2D eigenvalue weighted by Crippen LogP contribution is 2.22. The van der Waals surface area contributed by atoms with Gasteiger partial charge in [0.05, 0.1) is 0 Å². The summed E-state index contributed by atoms with van der Waals surface area (Å²) in [6.45, 7) is 5.85. The molecule has 2 saturated heterocycles. The van der Waals surface area contributed by atoms with Gasteiger partial charge >= 0.3 is 0 Å². The molecule has 19 heavy (non-hydrogen) atoms. The van der Waals surface area contributed by atoms with Gasteiger partial charge in [-0.1, -0.05) is 17.2 Å². The smallest absolute Gasteiger partial charge is 0.253 e. The van der Waals surface area contributed by atoms with Crippen molar-refractivity contribution in [2.75, 3.05) is 13.1 Å². The Morgan fingerprint density at radius 3 is 2.53 bits per heavy atom. The van der Waals surface area contributed by atoms with Crippen LogP contribution in [-0.2, 0) is 0 Å². The first-order valence-electron chi connectivity index (χ1n) is 7.25. The number of rotatable bonds is 1. The summed E-state index contributed by atoms with van der Waals surface area (Å²) in [6.07, 6.45) is 3.57. The SMILES string of the molecule is Cc1cc(C)cc(C(=O)N2CCC3CCC(C2)N3)c1. The molecule has 0 saturated carbocycles. The Kier molecular flexibility index (Phi) is 3.31. The van der Waals surface area contributed by atoms with Gasteiger partial charge in [0.25, 0.3) is 5.91 Å². The van der Waals surface area contributed by atoms with Crippen LogP contribution in [0, 0.1) is 13.8 Å². The van der Waals surface area contributed by atoms with Crippen LogP contribution in [0.2, 0.25) is 0 Å². The first kappa shape index (κ1) is 12.7. The summed E-state index contributed by atoms with van der Waals surface area (Å²) in [5.74, 6) is 0.196. The Morgan fingerprint density at radius 2 is 1.79 bits per heavy atom. The molecule has 0 spiro atoms. The molecule has 1 N–H and O–H groups in total. The van der Waals surface area contributed by atoms with Gasteiger partial charge in [-0.25, -0.2) is 0 Å². The molecule has 0 radical (unpaired) electrons. The van der Waals surface area contributed by atoms with E-state index in [0.29, 0.717) is 12.1 Å². The third-order valence-electron chi connectivity index (χ3n) is 4.28. The first-order chi connectivity index (χ1) is 9.11. The molecule has 2 unspecified atom stereocenters. The van der Waals surface area contributed by atoms with E-state index in [9.17, 15) is 4.79 Å². The van der Waals surface area contributed by atoms with Gasteiger partial charge in [0.2, 0.25) is 0 Å². The Balaban J connectivity index is 1.79. The molecule has 2 heterocycles. The average Bonchev–Trinajstić information content (AvgIpc) is 2.67. The first-order valence-corrected chi connectivity index (χ1v) is 7.25. The third-order valence-corrected chi connectivity index (χ3v) is 4.28. The van der Waals surface area contributed by atoms with Gasteiger partial charge in [-0.3, -0.25) is 4.79 Å². The fraction of sp³-hybridized carbons (Fsp3) is 0.562. The quantitative estimate of drug-likeness (QED) is 0.838. The largest absolute Gasteiger partial charge is 0.337 e. The number of nitrogens with zero attached hydrogens (tertiary/aromatic N) is 1. The molecule has 0 aliphatic carbocycles. The van der Waals surface area contributed by atoms with Crippen LogP contribution >= 0.6 is 0 Å². The molecule has 1 aromatic carbocycles. The molecule has 102 valence electrons. The van der Waals surface area contributed by atoms with Crippen molar-refractivity contribution < 1.29 is 4.79 Å². The van der Waals surface area contributed by atoms with E-state index in [1.165, 1.54) is 12.8 Å². The van der Waals surface area contributed by atoms with E-state index < -0.39 is 0 Å². The number of hydrogen-bond donors (Lipinski definition) is 1. The molecule has 2 atom stereocenters. The highest BCUT2D eigenvalue weighted by molar-refractivity contribution is 5.94. The van der Waals surface area contributed by atoms with Crippen LogP contribution in [0.3, 0.4) is 0 Å². The second-order valence-corrected chi connectivity index (χ2v) is 6.05. The van der Waals surface area contributed by atoms with Gasteiger partial charge in [0.15, 0.2) is 0 Å². The van der Waals surface area contributed by atoms with E-state index >= 15 is 0 Å². The van der Waals surface area contributed by atoms with Gasteiger partial charge in [0, 0.05) is 30.7 Å². The number of nitrogens with one attached hydrogen (secondary N) is 1. The van der Waals surface area contributed by atoms with Crippen molar-refractivity contribution >= 4 is 5.91 Å². The van der Waals surface area contributed by atoms with E-state index in [-0.39, 0.29) is 5.91 Å². The standard InChI is InChI=1S/C16H22N2O/c1-11-7-12(2)9-13(8-11)16(19)18-6-5-14-3-4-15(10-18)17-14/h7-9,14-15,17H,3-6,10H2,1-2H3. The monoisotopic (exact) mass is 258 g/mol. The van der Waals surface area contributed by atoms with Crippen molar-refractivity contribution in [3.05, 3.63) is 34.9 Å². The average molecular weight is 258 g/mol. The van der Waals surface area contributed by atoms with E-state index in [2.05, 4.69) is 25.2 Å². The predicted molar refractivity (Wildman–Crippen MR) is 76.4 cm³/mol. The minimum absolute atomic E-state index is 0.196. The Morgan fingerprint density at radius 1 is 1.11 bits per heavy atom. The van der Waals surface area contributed by atoms with E-state index in [4.69, 9.17) is 0 Å².